The number of piperidine rings is 2. The second-order valence-corrected chi connectivity index (χ2v) is 9.29. The number of rotatable bonds is 6. The molecule has 1 aromatic rings. The maximum Gasteiger partial charge on any atom is 0.423 e. The average Bonchev–Trinajstić information content (AvgIpc) is 2.78. The molecule has 1 atom stereocenters. The molecule has 0 aromatic heterocycles. The number of nitrogens with one attached hydrogen (secondary N) is 2. The summed E-state index contributed by atoms with van der Waals surface area (Å²) >= 11 is 6.58. The van der Waals surface area contributed by atoms with Crippen molar-refractivity contribution in [2.45, 2.75) is 31.7 Å². The monoisotopic (exact) mass is 478 g/mol. The summed E-state index contributed by atoms with van der Waals surface area (Å²) in [6, 6.07) is 5.33. The van der Waals surface area contributed by atoms with Crippen LogP contribution in [-0.2, 0) is 14.4 Å². The number of imide groups is 1. The first kappa shape index (κ1) is 23.6. The number of nitrogens with zero attached hydrogens (tertiary/aromatic N) is 3. The van der Waals surface area contributed by atoms with Gasteiger partial charge in [0.1, 0.15) is 6.04 Å². The number of hydrogen-bond acceptors (Lipinski definition) is 8. The third kappa shape index (κ3) is 6.27. The first-order valence-electron chi connectivity index (χ1n) is 11.5. The fourth-order valence-corrected chi connectivity index (χ4v) is 5.03. The van der Waals surface area contributed by atoms with E-state index >= 15 is 0 Å². The Labute approximate surface area is 198 Å². The molecule has 3 fully saturated rings. The number of carbonyl (C=O) groups excluding carboxylic acids is 3. The molecule has 180 valence electrons. The van der Waals surface area contributed by atoms with Crippen LogP contribution in [0.25, 0.3) is 0 Å². The average molecular weight is 479 g/mol. The fourth-order valence-electron chi connectivity index (χ4n) is 4.73. The molecule has 3 amide bonds. The Hall–Kier alpha value is -2.56. The van der Waals surface area contributed by atoms with Gasteiger partial charge in [-0.1, -0.05) is 11.6 Å². The Morgan fingerprint density at radius 3 is 2.48 bits per heavy atom. The number of halogens is 1. The number of nitrogens with two attached hydrogens (primary N) is 1. The predicted molar refractivity (Wildman–Crippen MR) is 125 cm³/mol. The van der Waals surface area contributed by atoms with Crippen molar-refractivity contribution in [3.63, 3.8) is 0 Å². The smallest absolute Gasteiger partial charge is 0.374 e. The van der Waals surface area contributed by atoms with Crippen molar-refractivity contribution in [3.05, 3.63) is 23.2 Å². The first-order valence-corrected chi connectivity index (χ1v) is 11.8. The number of hydrogen-bond donors (Lipinski definition) is 3. The maximum absolute atomic E-state index is 12.0. The minimum atomic E-state index is -0.747. The Kier molecular flexibility index (Phi) is 7.56. The number of hydroxylamine groups is 2. The van der Waals surface area contributed by atoms with Crippen LogP contribution in [-0.4, -0.2) is 79.7 Å². The summed E-state index contributed by atoms with van der Waals surface area (Å²) in [7, 11) is 0. The van der Waals surface area contributed by atoms with Crippen molar-refractivity contribution < 1.29 is 19.2 Å². The molecule has 1 aromatic carbocycles. The molecule has 3 saturated heterocycles. The van der Waals surface area contributed by atoms with Crippen molar-refractivity contribution in [1.82, 2.24) is 15.3 Å². The van der Waals surface area contributed by atoms with Crippen LogP contribution in [0.3, 0.4) is 0 Å². The number of amides is 3. The lowest BCUT2D eigenvalue weighted by atomic mass is 9.97. The van der Waals surface area contributed by atoms with Gasteiger partial charge in [-0.15, -0.1) is 5.06 Å². The van der Waals surface area contributed by atoms with E-state index in [0.29, 0.717) is 23.8 Å². The maximum atomic E-state index is 12.0. The number of primary amides is 1. The standard InChI is InChI=1S/C22H31ClN6O4/c23-17-13-16(25-18-2-4-20(30)26-21(18)31)1-3-19(17)28-11-9-27(10-12-28)14-15-5-7-29(8-6-15)33-22(24)32/h1,3,13,15,18,25H,2,4-12,14H2,(H2,24,32)(H,26,30,31). The summed E-state index contributed by atoms with van der Waals surface area (Å²) in [5, 5.41) is 7.82. The molecule has 4 N–H and O–H groups in total. The number of anilines is 2. The summed E-state index contributed by atoms with van der Waals surface area (Å²) in [5.41, 5.74) is 6.84. The molecule has 33 heavy (non-hydrogen) atoms. The van der Waals surface area contributed by atoms with Gasteiger partial charge in [-0.05, 0) is 43.4 Å². The van der Waals surface area contributed by atoms with E-state index in [2.05, 4.69) is 20.4 Å². The summed E-state index contributed by atoms with van der Waals surface area (Å²) in [4.78, 5) is 43.9. The van der Waals surface area contributed by atoms with Crippen LogP contribution in [0.4, 0.5) is 16.2 Å². The molecule has 0 saturated carbocycles. The van der Waals surface area contributed by atoms with Crippen molar-refractivity contribution in [2.24, 2.45) is 11.7 Å². The highest BCUT2D eigenvalue weighted by Crippen LogP contribution is 2.30. The van der Waals surface area contributed by atoms with Gasteiger partial charge in [0.05, 0.1) is 10.7 Å². The van der Waals surface area contributed by atoms with Crippen LogP contribution < -0.4 is 21.3 Å². The van der Waals surface area contributed by atoms with Gasteiger partial charge in [0, 0.05) is 57.9 Å². The Balaban J connectivity index is 1.24. The lowest BCUT2D eigenvalue weighted by Crippen LogP contribution is -2.49. The summed E-state index contributed by atoms with van der Waals surface area (Å²) < 4.78 is 0. The lowest BCUT2D eigenvalue weighted by Gasteiger charge is -2.39. The van der Waals surface area contributed by atoms with E-state index in [1.165, 1.54) is 0 Å². The predicted octanol–water partition coefficient (Wildman–Crippen LogP) is 1.40. The van der Waals surface area contributed by atoms with Crippen molar-refractivity contribution in [2.75, 3.05) is 56.0 Å². The van der Waals surface area contributed by atoms with Crippen LogP contribution in [0, 0.1) is 5.92 Å². The summed E-state index contributed by atoms with van der Waals surface area (Å²) in [6.45, 7) is 6.20. The fraction of sp³-hybridized carbons (Fsp3) is 0.591. The van der Waals surface area contributed by atoms with Gasteiger partial charge in [-0.2, -0.15) is 0 Å². The van der Waals surface area contributed by atoms with Gasteiger partial charge in [0.15, 0.2) is 0 Å². The number of carbonyl (C=O) groups is 3. The van der Waals surface area contributed by atoms with Gasteiger partial charge in [-0.3, -0.25) is 19.8 Å². The first-order chi connectivity index (χ1) is 15.9. The molecule has 0 radical (unpaired) electrons. The van der Waals surface area contributed by atoms with Gasteiger partial charge in [0.2, 0.25) is 11.8 Å². The molecule has 0 bridgehead atoms. The molecule has 0 spiro atoms. The molecule has 0 aliphatic carbocycles. The highest BCUT2D eigenvalue weighted by Gasteiger charge is 2.28. The van der Waals surface area contributed by atoms with Crippen LogP contribution in [0.2, 0.25) is 5.02 Å². The minimum absolute atomic E-state index is 0.229. The Morgan fingerprint density at radius 1 is 1.12 bits per heavy atom. The zero-order chi connectivity index (χ0) is 23.4. The van der Waals surface area contributed by atoms with Gasteiger partial charge >= 0.3 is 6.09 Å². The second kappa shape index (κ2) is 10.6. The van der Waals surface area contributed by atoms with Crippen LogP contribution in [0.1, 0.15) is 25.7 Å². The van der Waals surface area contributed by atoms with E-state index in [-0.39, 0.29) is 11.8 Å². The van der Waals surface area contributed by atoms with Crippen LogP contribution >= 0.6 is 11.6 Å². The molecule has 1 unspecified atom stereocenters. The second-order valence-electron chi connectivity index (χ2n) is 8.88. The molecule has 10 nitrogen and oxygen atoms in total. The minimum Gasteiger partial charge on any atom is -0.374 e. The van der Waals surface area contributed by atoms with Crippen molar-refractivity contribution >= 4 is 40.9 Å². The Bertz CT molecular complexity index is 884. The van der Waals surface area contributed by atoms with Crippen molar-refractivity contribution in [1.29, 1.82) is 0 Å². The Morgan fingerprint density at radius 2 is 1.85 bits per heavy atom. The normalized spacial score (nSPS) is 23.3. The van der Waals surface area contributed by atoms with Gasteiger partial charge < -0.3 is 20.8 Å². The molecule has 3 heterocycles. The van der Waals surface area contributed by atoms with E-state index in [1.54, 1.807) is 5.06 Å². The van der Waals surface area contributed by atoms with E-state index < -0.39 is 12.1 Å². The van der Waals surface area contributed by atoms with E-state index in [1.807, 2.05) is 18.2 Å². The van der Waals surface area contributed by atoms with Crippen LogP contribution in [0.5, 0.6) is 0 Å². The highest BCUT2D eigenvalue weighted by atomic mass is 35.5. The quantitative estimate of drug-likeness (QED) is 0.525. The SMILES string of the molecule is NC(=O)ON1CCC(CN2CCN(c3ccc(NC4CCC(=O)NC4=O)cc3Cl)CC2)CC1. The van der Waals surface area contributed by atoms with E-state index in [0.717, 1.165) is 70.0 Å². The molecule has 11 heteroatoms. The topological polar surface area (TPSA) is 120 Å². The highest BCUT2D eigenvalue weighted by molar-refractivity contribution is 6.33. The van der Waals surface area contributed by atoms with E-state index in [4.69, 9.17) is 22.2 Å². The molecule has 3 aliphatic rings. The largest absolute Gasteiger partial charge is 0.423 e. The molecule has 3 aliphatic heterocycles. The zero-order valence-electron chi connectivity index (χ0n) is 18.6. The van der Waals surface area contributed by atoms with Crippen molar-refractivity contribution in [3.8, 4) is 0 Å². The lowest BCUT2D eigenvalue weighted by molar-refractivity contribution is -0.133. The number of benzene rings is 1. The van der Waals surface area contributed by atoms with Gasteiger partial charge in [-0.25, -0.2) is 4.79 Å². The van der Waals surface area contributed by atoms with Gasteiger partial charge in [0.25, 0.3) is 0 Å². The third-order valence-corrected chi connectivity index (χ3v) is 6.85. The molecular weight excluding hydrogens is 448 g/mol. The molecule has 4 rings (SSSR count). The van der Waals surface area contributed by atoms with Crippen LogP contribution in [0.15, 0.2) is 18.2 Å². The third-order valence-electron chi connectivity index (χ3n) is 6.55. The number of piperazine rings is 1. The zero-order valence-corrected chi connectivity index (χ0v) is 19.4. The van der Waals surface area contributed by atoms with E-state index in [9.17, 15) is 14.4 Å². The summed E-state index contributed by atoms with van der Waals surface area (Å²) in [6.07, 6.45) is 2.04. The molecular formula is C22H31ClN6O4. The summed E-state index contributed by atoms with van der Waals surface area (Å²) in [5.74, 6) is 0.0623.